The van der Waals surface area contributed by atoms with Gasteiger partial charge in [0.05, 0.1) is 5.02 Å². The summed E-state index contributed by atoms with van der Waals surface area (Å²) in [4.78, 5) is 14.4. The third-order valence-electron chi connectivity index (χ3n) is 3.16. The summed E-state index contributed by atoms with van der Waals surface area (Å²) in [5, 5.41) is 3.56. The van der Waals surface area contributed by atoms with Gasteiger partial charge < -0.3 is 5.32 Å². The van der Waals surface area contributed by atoms with E-state index in [2.05, 4.69) is 60.5 Å². The lowest BCUT2D eigenvalue weighted by Crippen LogP contribution is -2.42. The Labute approximate surface area is 140 Å². The van der Waals surface area contributed by atoms with E-state index in [1.165, 1.54) is 0 Å². The third kappa shape index (κ3) is 5.22. The van der Waals surface area contributed by atoms with Crippen molar-refractivity contribution in [1.82, 2.24) is 10.2 Å². The van der Waals surface area contributed by atoms with Crippen molar-refractivity contribution in [1.29, 1.82) is 0 Å². The molecule has 0 aromatic heterocycles. The van der Waals surface area contributed by atoms with E-state index in [1.807, 2.05) is 6.07 Å². The number of carbonyl (C=O) groups is 1. The Balaban J connectivity index is 2.53. The maximum absolute atomic E-state index is 12.0. The molecule has 3 nitrogen and oxygen atoms in total. The van der Waals surface area contributed by atoms with Gasteiger partial charge >= 0.3 is 0 Å². The summed E-state index contributed by atoms with van der Waals surface area (Å²) in [6, 6.07) is 6.30. The largest absolute Gasteiger partial charge is 0.351 e. The normalized spacial score (nSPS) is 11.4. The van der Waals surface area contributed by atoms with E-state index in [-0.39, 0.29) is 5.91 Å². The number of carbonyl (C=O) groups excluding carboxylic acids is 1. The second kappa shape index (κ2) is 8.20. The zero-order chi connectivity index (χ0) is 15.3. The lowest BCUT2D eigenvalue weighted by molar-refractivity contribution is 0.0939. The Morgan fingerprint density at radius 2 is 1.90 bits per heavy atom. The van der Waals surface area contributed by atoms with Crippen LogP contribution in [-0.2, 0) is 0 Å². The number of hydrogen-bond donors (Lipinski definition) is 1. The average Bonchev–Trinajstić information content (AvgIpc) is 2.36. The van der Waals surface area contributed by atoms with Crippen molar-refractivity contribution in [3.05, 3.63) is 32.4 Å². The smallest absolute Gasteiger partial charge is 0.251 e. The minimum absolute atomic E-state index is 0.0734. The van der Waals surface area contributed by atoms with Crippen LogP contribution in [0.3, 0.4) is 0 Å². The van der Waals surface area contributed by atoms with Crippen molar-refractivity contribution in [2.45, 2.75) is 39.8 Å². The minimum atomic E-state index is -0.0734. The third-order valence-corrected chi connectivity index (χ3v) is 4.74. The van der Waals surface area contributed by atoms with Crippen LogP contribution in [0.2, 0.25) is 5.02 Å². The number of rotatable bonds is 6. The van der Waals surface area contributed by atoms with Gasteiger partial charge in [0.1, 0.15) is 0 Å². The molecule has 0 aliphatic rings. The van der Waals surface area contributed by atoms with Crippen LogP contribution in [-0.4, -0.2) is 36.0 Å². The molecule has 1 rings (SSSR count). The maximum Gasteiger partial charge on any atom is 0.251 e. The molecule has 0 radical (unpaired) electrons. The minimum Gasteiger partial charge on any atom is -0.351 e. The van der Waals surface area contributed by atoms with Crippen molar-refractivity contribution >= 4 is 40.1 Å². The molecule has 0 saturated heterocycles. The molecule has 0 aliphatic heterocycles. The number of hydrogen-bond acceptors (Lipinski definition) is 2. The molecule has 1 amide bonds. The molecule has 5 heteroatoms. The van der Waals surface area contributed by atoms with Gasteiger partial charge in [0.25, 0.3) is 5.91 Å². The Hall–Kier alpha value is -0.330. The standard InChI is InChI=1S/C15H22ClIN2O/c1-10(2)19(11(3)4)8-7-18-15(20)12-5-6-14(17)13(16)9-12/h5-6,9-11H,7-8H2,1-4H3,(H,18,20). The van der Waals surface area contributed by atoms with Gasteiger partial charge in [-0.2, -0.15) is 0 Å². The van der Waals surface area contributed by atoms with Crippen LogP contribution in [0, 0.1) is 3.57 Å². The molecule has 0 heterocycles. The van der Waals surface area contributed by atoms with Gasteiger partial charge in [-0.25, -0.2) is 0 Å². The first-order valence-corrected chi connectivity index (χ1v) is 8.27. The maximum atomic E-state index is 12.0. The van der Waals surface area contributed by atoms with Crippen LogP contribution in [0.1, 0.15) is 38.1 Å². The molecule has 0 saturated carbocycles. The molecule has 0 aliphatic carbocycles. The summed E-state index contributed by atoms with van der Waals surface area (Å²) in [6.07, 6.45) is 0. The van der Waals surface area contributed by atoms with E-state index >= 15 is 0 Å². The second-order valence-corrected chi connectivity index (χ2v) is 6.88. The first-order valence-electron chi connectivity index (χ1n) is 6.82. The quantitative estimate of drug-likeness (QED) is 0.726. The molecule has 1 N–H and O–H groups in total. The van der Waals surface area contributed by atoms with Crippen LogP contribution in [0.4, 0.5) is 0 Å². The van der Waals surface area contributed by atoms with Crippen molar-refractivity contribution < 1.29 is 4.79 Å². The molecule has 112 valence electrons. The van der Waals surface area contributed by atoms with Gasteiger partial charge in [-0.3, -0.25) is 9.69 Å². The molecule has 0 bridgehead atoms. The van der Waals surface area contributed by atoms with Crippen molar-refractivity contribution in [2.75, 3.05) is 13.1 Å². The zero-order valence-electron chi connectivity index (χ0n) is 12.4. The summed E-state index contributed by atoms with van der Waals surface area (Å²) < 4.78 is 0.951. The van der Waals surface area contributed by atoms with Crippen LogP contribution < -0.4 is 5.32 Å². The van der Waals surface area contributed by atoms with Gasteiger partial charge in [0, 0.05) is 34.3 Å². The highest BCUT2D eigenvalue weighted by atomic mass is 127. The first kappa shape index (κ1) is 17.7. The molecular formula is C15H22ClIN2O. The Kier molecular flexibility index (Phi) is 7.26. The molecule has 20 heavy (non-hydrogen) atoms. The molecular weight excluding hydrogens is 387 g/mol. The molecule has 0 fully saturated rings. The van der Waals surface area contributed by atoms with Gasteiger partial charge in [-0.15, -0.1) is 0 Å². The van der Waals surface area contributed by atoms with Crippen molar-refractivity contribution in [3.63, 3.8) is 0 Å². The summed E-state index contributed by atoms with van der Waals surface area (Å²) in [6.45, 7) is 10.2. The van der Waals surface area contributed by atoms with Crippen LogP contribution in [0.5, 0.6) is 0 Å². The highest BCUT2D eigenvalue weighted by Crippen LogP contribution is 2.19. The average molecular weight is 409 g/mol. The number of nitrogens with one attached hydrogen (secondary N) is 1. The van der Waals surface area contributed by atoms with Crippen LogP contribution in [0.25, 0.3) is 0 Å². The van der Waals surface area contributed by atoms with Crippen molar-refractivity contribution in [2.24, 2.45) is 0 Å². The number of amides is 1. The second-order valence-electron chi connectivity index (χ2n) is 5.31. The van der Waals surface area contributed by atoms with Crippen molar-refractivity contribution in [3.8, 4) is 0 Å². The van der Waals surface area contributed by atoms with E-state index in [0.29, 0.717) is 29.2 Å². The summed E-state index contributed by atoms with van der Waals surface area (Å²) in [5.74, 6) is -0.0734. The van der Waals surface area contributed by atoms with E-state index in [0.717, 1.165) is 10.1 Å². The summed E-state index contributed by atoms with van der Waals surface area (Å²) in [5.41, 5.74) is 0.607. The molecule has 0 atom stereocenters. The fourth-order valence-electron chi connectivity index (χ4n) is 2.15. The topological polar surface area (TPSA) is 32.3 Å². The SMILES string of the molecule is CC(C)N(CCNC(=O)c1ccc(I)c(Cl)c1)C(C)C. The fraction of sp³-hybridized carbons (Fsp3) is 0.533. The number of halogens is 2. The predicted octanol–water partition coefficient (Wildman–Crippen LogP) is 3.79. The molecule has 1 aromatic rings. The Bertz CT molecular complexity index is 455. The van der Waals surface area contributed by atoms with Crippen LogP contribution >= 0.6 is 34.2 Å². The van der Waals surface area contributed by atoms with E-state index in [1.54, 1.807) is 12.1 Å². The Morgan fingerprint density at radius 3 is 2.40 bits per heavy atom. The highest BCUT2D eigenvalue weighted by molar-refractivity contribution is 14.1. The lowest BCUT2D eigenvalue weighted by atomic mass is 10.2. The van der Waals surface area contributed by atoms with E-state index in [4.69, 9.17) is 11.6 Å². The van der Waals surface area contributed by atoms with Gasteiger partial charge in [-0.1, -0.05) is 11.6 Å². The van der Waals surface area contributed by atoms with Crippen LogP contribution in [0.15, 0.2) is 18.2 Å². The Morgan fingerprint density at radius 1 is 1.30 bits per heavy atom. The molecule has 0 unspecified atom stereocenters. The zero-order valence-corrected chi connectivity index (χ0v) is 15.3. The van der Waals surface area contributed by atoms with Gasteiger partial charge in [-0.05, 0) is 68.5 Å². The first-order chi connectivity index (χ1) is 9.32. The van der Waals surface area contributed by atoms with E-state index < -0.39 is 0 Å². The molecule has 1 aromatic carbocycles. The lowest BCUT2D eigenvalue weighted by Gasteiger charge is -2.30. The number of nitrogens with zero attached hydrogens (tertiary/aromatic N) is 1. The van der Waals surface area contributed by atoms with Gasteiger partial charge in [0.2, 0.25) is 0 Å². The monoisotopic (exact) mass is 408 g/mol. The predicted molar refractivity (Wildman–Crippen MR) is 93.5 cm³/mol. The summed E-state index contributed by atoms with van der Waals surface area (Å²) in [7, 11) is 0. The highest BCUT2D eigenvalue weighted by Gasteiger charge is 2.13. The van der Waals surface area contributed by atoms with Gasteiger partial charge in [0.15, 0.2) is 0 Å². The fourth-order valence-corrected chi connectivity index (χ4v) is 2.67. The summed E-state index contributed by atoms with van der Waals surface area (Å²) >= 11 is 8.18. The number of benzene rings is 1. The molecule has 0 spiro atoms. The van der Waals surface area contributed by atoms with E-state index in [9.17, 15) is 4.79 Å².